The molecule has 10 heteroatoms. The third-order valence-corrected chi connectivity index (χ3v) is 5.88. The first kappa shape index (κ1) is 22.2. The van der Waals surface area contributed by atoms with Crippen molar-refractivity contribution in [3.05, 3.63) is 64.7 Å². The lowest BCUT2D eigenvalue weighted by Gasteiger charge is -2.14. The molecule has 4 aromatic rings. The maximum Gasteiger partial charge on any atom is 0.298 e. The molecule has 9 nitrogen and oxygen atoms in total. The van der Waals surface area contributed by atoms with E-state index in [0.717, 1.165) is 0 Å². The van der Waals surface area contributed by atoms with Gasteiger partial charge in [0.1, 0.15) is 17.0 Å². The number of nitrogens with one attached hydrogen (secondary N) is 1. The Morgan fingerprint density at radius 2 is 2.00 bits per heavy atom. The quantitative estimate of drug-likeness (QED) is 0.441. The van der Waals surface area contributed by atoms with E-state index in [1.807, 2.05) is 0 Å². The van der Waals surface area contributed by atoms with Crippen molar-refractivity contribution >= 4 is 22.6 Å². The number of likely N-dealkylation sites (tertiary alicyclic amines) is 1. The number of carbonyl (C=O) groups is 1. The Morgan fingerprint density at radius 1 is 1.23 bits per heavy atom. The molecule has 0 radical (unpaired) electrons. The van der Waals surface area contributed by atoms with Gasteiger partial charge in [0, 0.05) is 18.7 Å². The van der Waals surface area contributed by atoms with Crippen LogP contribution in [0.15, 0.2) is 53.3 Å². The fraction of sp³-hybridized carbons (Fsp3) is 0.200. The normalized spacial score (nSPS) is 15.1. The van der Waals surface area contributed by atoms with Crippen LogP contribution in [0.5, 0.6) is 11.5 Å². The molecule has 1 amide bonds. The predicted octanol–water partition coefficient (Wildman–Crippen LogP) is 3.10. The number of nitrogen functional groups attached to an aromatic ring is 1. The predicted molar refractivity (Wildman–Crippen MR) is 128 cm³/mol. The smallest absolute Gasteiger partial charge is 0.298 e. The van der Waals surface area contributed by atoms with Crippen molar-refractivity contribution in [1.29, 1.82) is 0 Å². The van der Waals surface area contributed by atoms with Crippen molar-refractivity contribution in [2.24, 2.45) is 0 Å². The van der Waals surface area contributed by atoms with Gasteiger partial charge < -0.3 is 15.4 Å². The van der Waals surface area contributed by atoms with Gasteiger partial charge in [-0.3, -0.25) is 14.3 Å². The van der Waals surface area contributed by atoms with E-state index in [2.05, 4.69) is 22.0 Å². The van der Waals surface area contributed by atoms with Crippen LogP contribution >= 0.6 is 0 Å². The van der Waals surface area contributed by atoms with Crippen LogP contribution in [-0.2, 0) is 4.79 Å². The second kappa shape index (κ2) is 8.95. The van der Waals surface area contributed by atoms with E-state index < -0.39 is 11.4 Å². The van der Waals surface area contributed by atoms with Crippen LogP contribution < -0.4 is 16.0 Å². The van der Waals surface area contributed by atoms with Gasteiger partial charge in [-0.25, -0.2) is 9.49 Å². The first-order chi connectivity index (χ1) is 17.0. The summed E-state index contributed by atoms with van der Waals surface area (Å²) >= 11 is 0. The highest BCUT2D eigenvalue weighted by Gasteiger charge is 2.31. The zero-order valence-corrected chi connectivity index (χ0v) is 18.8. The fourth-order valence-corrected chi connectivity index (χ4v) is 4.23. The molecule has 176 valence electrons. The monoisotopic (exact) mass is 472 g/mol. The van der Waals surface area contributed by atoms with Gasteiger partial charge in [-0.2, -0.15) is 10.2 Å². The van der Waals surface area contributed by atoms with Crippen LogP contribution in [0.25, 0.3) is 22.2 Å². The number of nitrogens with two attached hydrogens (primary N) is 1. The van der Waals surface area contributed by atoms with Gasteiger partial charge in [-0.15, -0.1) is 0 Å². The second-order valence-corrected chi connectivity index (χ2v) is 8.08. The number of hydrogen-bond acceptors (Lipinski definition) is 6. The Balaban J connectivity index is 1.52. The molecule has 0 bridgehead atoms. The van der Waals surface area contributed by atoms with Gasteiger partial charge in [-0.1, -0.05) is 18.1 Å². The fourth-order valence-electron chi connectivity index (χ4n) is 4.23. The van der Waals surface area contributed by atoms with Gasteiger partial charge in [0.15, 0.2) is 17.4 Å². The molecule has 1 aliphatic heterocycles. The number of benzene rings is 2. The van der Waals surface area contributed by atoms with Gasteiger partial charge in [0.05, 0.1) is 11.4 Å². The topological polar surface area (TPSA) is 119 Å². The van der Waals surface area contributed by atoms with Crippen LogP contribution in [0, 0.1) is 17.7 Å². The second-order valence-electron chi connectivity index (χ2n) is 8.08. The number of rotatable bonds is 4. The number of halogens is 1. The summed E-state index contributed by atoms with van der Waals surface area (Å²) in [7, 11) is 0. The molecule has 2 aromatic heterocycles. The number of fused-ring (bicyclic) bond motifs is 1. The van der Waals surface area contributed by atoms with Crippen molar-refractivity contribution in [1.82, 2.24) is 24.9 Å². The number of aromatic amines is 1. The van der Waals surface area contributed by atoms with E-state index in [0.29, 0.717) is 47.4 Å². The van der Waals surface area contributed by atoms with Gasteiger partial charge in [0.2, 0.25) is 0 Å². The number of para-hydroxylation sites is 1. The van der Waals surface area contributed by atoms with Crippen LogP contribution in [-0.4, -0.2) is 43.9 Å². The maximum absolute atomic E-state index is 13.9. The van der Waals surface area contributed by atoms with Crippen LogP contribution in [0.3, 0.4) is 0 Å². The van der Waals surface area contributed by atoms with Gasteiger partial charge >= 0.3 is 0 Å². The SMILES string of the molecule is CC#CC(=O)N1CC[C@@H](n2nc(-c3ccc(Oc4ccccc4F)cc3)c3c(N)n[nH]c(=O)c32)C1. The third-order valence-electron chi connectivity index (χ3n) is 5.88. The molecule has 1 saturated heterocycles. The Hall–Kier alpha value is -4.65. The van der Waals surface area contributed by atoms with E-state index in [1.165, 1.54) is 6.07 Å². The highest BCUT2D eigenvalue weighted by molar-refractivity contribution is 5.99. The summed E-state index contributed by atoms with van der Waals surface area (Å²) in [5.74, 6) is 5.13. The zero-order chi connectivity index (χ0) is 24.5. The first-order valence-electron chi connectivity index (χ1n) is 11.0. The molecular weight excluding hydrogens is 451 g/mol. The minimum atomic E-state index is -0.464. The number of carbonyl (C=O) groups excluding carboxylic acids is 1. The van der Waals surface area contributed by atoms with Gasteiger partial charge in [0.25, 0.3) is 11.5 Å². The Bertz CT molecular complexity index is 1550. The van der Waals surface area contributed by atoms with E-state index in [4.69, 9.17) is 15.6 Å². The molecule has 35 heavy (non-hydrogen) atoms. The lowest BCUT2D eigenvalue weighted by molar-refractivity contribution is -0.124. The average molecular weight is 472 g/mol. The summed E-state index contributed by atoms with van der Waals surface area (Å²) in [5, 5.41) is 11.5. The highest BCUT2D eigenvalue weighted by atomic mass is 19.1. The Kier molecular flexibility index (Phi) is 5.66. The molecule has 0 saturated carbocycles. The average Bonchev–Trinajstić information content (AvgIpc) is 3.50. The lowest BCUT2D eigenvalue weighted by Crippen LogP contribution is -2.28. The number of amides is 1. The van der Waals surface area contributed by atoms with Crippen LogP contribution in [0.2, 0.25) is 0 Å². The first-order valence-corrected chi connectivity index (χ1v) is 11.0. The molecule has 1 atom stereocenters. The van der Waals surface area contributed by atoms with Crippen LogP contribution in [0.4, 0.5) is 10.2 Å². The third kappa shape index (κ3) is 4.08. The van der Waals surface area contributed by atoms with E-state index >= 15 is 0 Å². The Labute approximate surface area is 199 Å². The van der Waals surface area contributed by atoms with E-state index in [-0.39, 0.29) is 23.5 Å². The number of nitrogens with zero attached hydrogens (tertiary/aromatic N) is 4. The molecule has 3 N–H and O–H groups in total. The van der Waals surface area contributed by atoms with Crippen molar-refractivity contribution in [2.75, 3.05) is 18.8 Å². The zero-order valence-electron chi connectivity index (χ0n) is 18.8. The minimum absolute atomic E-state index is 0.114. The highest BCUT2D eigenvalue weighted by Crippen LogP contribution is 2.34. The molecule has 3 heterocycles. The number of hydrogen-bond donors (Lipinski definition) is 2. The Morgan fingerprint density at radius 3 is 2.74 bits per heavy atom. The summed E-state index contributed by atoms with van der Waals surface area (Å²) < 4.78 is 21.2. The number of ether oxygens (including phenoxy) is 1. The summed E-state index contributed by atoms with van der Waals surface area (Å²) in [5.41, 5.74) is 7.18. The summed E-state index contributed by atoms with van der Waals surface area (Å²) in [6.07, 6.45) is 0.616. The molecular formula is C25H21FN6O3. The molecule has 0 aliphatic carbocycles. The van der Waals surface area contributed by atoms with Crippen molar-refractivity contribution in [2.45, 2.75) is 19.4 Å². The number of aromatic nitrogens is 4. The van der Waals surface area contributed by atoms with Crippen molar-refractivity contribution in [3.8, 4) is 34.6 Å². The van der Waals surface area contributed by atoms with Crippen LogP contribution in [0.1, 0.15) is 19.4 Å². The van der Waals surface area contributed by atoms with E-state index in [9.17, 15) is 14.0 Å². The molecule has 5 rings (SSSR count). The van der Waals surface area contributed by atoms with Crippen molar-refractivity contribution < 1.29 is 13.9 Å². The summed E-state index contributed by atoms with van der Waals surface area (Å²) in [4.78, 5) is 26.6. The molecule has 1 fully saturated rings. The molecule has 1 aliphatic rings. The van der Waals surface area contributed by atoms with E-state index in [1.54, 1.807) is 59.0 Å². The maximum atomic E-state index is 13.9. The molecule has 0 unspecified atom stereocenters. The lowest BCUT2D eigenvalue weighted by atomic mass is 10.1. The minimum Gasteiger partial charge on any atom is -0.454 e. The molecule has 2 aromatic carbocycles. The largest absolute Gasteiger partial charge is 0.454 e. The number of anilines is 1. The summed E-state index contributed by atoms with van der Waals surface area (Å²) in [6.45, 7) is 2.50. The van der Waals surface area contributed by atoms with Gasteiger partial charge in [-0.05, 0) is 55.7 Å². The van der Waals surface area contributed by atoms with Crippen molar-refractivity contribution in [3.63, 3.8) is 0 Å². The molecule has 0 spiro atoms. The summed E-state index contributed by atoms with van der Waals surface area (Å²) in [6, 6.07) is 12.8. The standard InChI is InChI=1S/C25H21FN6O3/c1-2-5-20(33)31-13-12-16(14-31)32-23-21(24(27)28-29-25(23)34)22(30-32)15-8-10-17(11-9-15)35-19-7-4-3-6-18(19)26/h3-4,6-11,16H,12-14H2,1H3,(H2,27,28)(H,29,34)/t16-/m1/s1. The number of H-pyrrole nitrogens is 1.